The lowest BCUT2D eigenvalue weighted by Crippen LogP contribution is -2.25. The molecular weight excluding hydrogens is 302 g/mol. The molecule has 0 unspecified atom stereocenters. The van der Waals surface area contributed by atoms with Crippen molar-refractivity contribution >= 4 is 38.2 Å². The molecule has 4 heteroatoms. The standard InChI is InChI=1S/C15H18BrN3/c16-11-5-6-14-12(9-11)15(13(17)10-18-14)19-7-3-1-2-4-8-19/h5-6,9-10H,1-4,7-8,17H2. The Balaban J connectivity index is 2.14. The summed E-state index contributed by atoms with van der Waals surface area (Å²) in [6.07, 6.45) is 6.93. The lowest BCUT2D eigenvalue weighted by Gasteiger charge is -2.25. The van der Waals surface area contributed by atoms with Crippen LogP contribution in [-0.4, -0.2) is 18.1 Å². The van der Waals surface area contributed by atoms with Gasteiger partial charge in [0.2, 0.25) is 0 Å². The molecule has 3 rings (SSSR count). The Morgan fingerprint density at radius 3 is 2.58 bits per heavy atom. The predicted molar refractivity (Wildman–Crippen MR) is 84.5 cm³/mol. The average Bonchev–Trinajstić information content (AvgIpc) is 2.67. The Morgan fingerprint density at radius 2 is 1.84 bits per heavy atom. The van der Waals surface area contributed by atoms with E-state index < -0.39 is 0 Å². The molecule has 0 atom stereocenters. The number of hydrogen-bond donors (Lipinski definition) is 1. The van der Waals surface area contributed by atoms with Crippen LogP contribution in [0.3, 0.4) is 0 Å². The molecule has 0 amide bonds. The summed E-state index contributed by atoms with van der Waals surface area (Å²) in [7, 11) is 0. The second kappa shape index (κ2) is 5.37. The van der Waals surface area contributed by atoms with Gasteiger partial charge < -0.3 is 10.6 Å². The number of hydrogen-bond acceptors (Lipinski definition) is 3. The van der Waals surface area contributed by atoms with Gasteiger partial charge in [0.05, 0.1) is 23.1 Å². The van der Waals surface area contributed by atoms with E-state index in [1.54, 1.807) is 6.20 Å². The number of aromatic nitrogens is 1. The third-order valence-electron chi connectivity index (χ3n) is 3.75. The predicted octanol–water partition coefficient (Wildman–Crippen LogP) is 3.96. The minimum Gasteiger partial charge on any atom is -0.396 e. The van der Waals surface area contributed by atoms with Crippen molar-refractivity contribution in [2.45, 2.75) is 25.7 Å². The molecule has 2 heterocycles. The van der Waals surface area contributed by atoms with Crippen LogP contribution in [0, 0.1) is 0 Å². The highest BCUT2D eigenvalue weighted by Crippen LogP contribution is 2.34. The van der Waals surface area contributed by atoms with Gasteiger partial charge in [0.1, 0.15) is 0 Å². The number of nitrogens with zero attached hydrogens (tertiary/aromatic N) is 2. The van der Waals surface area contributed by atoms with Crippen LogP contribution < -0.4 is 10.6 Å². The first-order valence-corrected chi connectivity index (χ1v) is 7.64. The van der Waals surface area contributed by atoms with E-state index >= 15 is 0 Å². The first-order chi connectivity index (χ1) is 9.25. The Hall–Kier alpha value is -1.29. The first kappa shape index (κ1) is 12.7. The van der Waals surface area contributed by atoms with Gasteiger partial charge in [0.25, 0.3) is 0 Å². The van der Waals surface area contributed by atoms with Crippen molar-refractivity contribution in [1.82, 2.24) is 4.98 Å². The highest BCUT2D eigenvalue weighted by atomic mass is 79.9. The fourth-order valence-corrected chi connectivity index (χ4v) is 3.17. The summed E-state index contributed by atoms with van der Waals surface area (Å²) in [6.45, 7) is 2.19. The van der Waals surface area contributed by atoms with Gasteiger partial charge in [-0.1, -0.05) is 28.8 Å². The SMILES string of the molecule is Nc1cnc2ccc(Br)cc2c1N1CCCCCC1. The van der Waals surface area contributed by atoms with E-state index in [0.717, 1.165) is 39.8 Å². The summed E-state index contributed by atoms with van der Waals surface area (Å²) in [5.74, 6) is 0. The maximum absolute atomic E-state index is 6.20. The molecule has 0 saturated carbocycles. The van der Waals surface area contributed by atoms with Gasteiger partial charge in [-0.3, -0.25) is 4.98 Å². The minimum atomic E-state index is 0.785. The number of benzene rings is 1. The highest BCUT2D eigenvalue weighted by Gasteiger charge is 2.16. The summed E-state index contributed by atoms with van der Waals surface area (Å²) < 4.78 is 1.07. The topological polar surface area (TPSA) is 42.1 Å². The zero-order valence-corrected chi connectivity index (χ0v) is 12.5. The molecule has 3 nitrogen and oxygen atoms in total. The molecule has 2 aromatic rings. The van der Waals surface area contributed by atoms with Crippen LogP contribution in [0.1, 0.15) is 25.7 Å². The summed E-state index contributed by atoms with van der Waals surface area (Å²) in [5.41, 5.74) is 9.15. The Bertz CT molecular complexity index is 584. The maximum Gasteiger partial charge on any atom is 0.0745 e. The molecular formula is C15H18BrN3. The van der Waals surface area contributed by atoms with Crippen molar-refractivity contribution in [3.05, 3.63) is 28.9 Å². The lowest BCUT2D eigenvalue weighted by molar-refractivity contribution is 0.726. The third-order valence-corrected chi connectivity index (χ3v) is 4.25. The van der Waals surface area contributed by atoms with Crippen LogP contribution in [0.5, 0.6) is 0 Å². The van der Waals surface area contributed by atoms with E-state index in [-0.39, 0.29) is 0 Å². The number of halogens is 1. The molecule has 19 heavy (non-hydrogen) atoms. The number of fused-ring (bicyclic) bond motifs is 1. The van der Waals surface area contributed by atoms with Crippen molar-refractivity contribution in [3.8, 4) is 0 Å². The van der Waals surface area contributed by atoms with Gasteiger partial charge in [-0.2, -0.15) is 0 Å². The molecule has 1 aliphatic heterocycles. The van der Waals surface area contributed by atoms with Gasteiger partial charge in [-0.15, -0.1) is 0 Å². The smallest absolute Gasteiger partial charge is 0.0745 e. The number of nitrogens with two attached hydrogens (primary N) is 1. The first-order valence-electron chi connectivity index (χ1n) is 6.84. The monoisotopic (exact) mass is 319 g/mol. The van der Waals surface area contributed by atoms with Crippen LogP contribution in [0.25, 0.3) is 10.9 Å². The van der Waals surface area contributed by atoms with E-state index in [2.05, 4.69) is 31.9 Å². The number of pyridine rings is 1. The lowest BCUT2D eigenvalue weighted by atomic mass is 10.1. The van der Waals surface area contributed by atoms with Crippen LogP contribution in [-0.2, 0) is 0 Å². The van der Waals surface area contributed by atoms with Crippen LogP contribution in [0.4, 0.5) is 11.4 Å². The second-order valence-corrected chi connectivity index (χ2v) is 6.04. The molecule has 0 bridgehead atoms. The normalized spacial score (nSPS) is 16.6. The van der Waals surface area contributed by atoms with Crippen molar-refractivity contribution in [2.24, 2.45) is 0 Å². The minimum absolute atomic E-state index is 0.785. The van der Waals surface area contributed by atoms with E-state index in [4.69, 9.17) is 5.73 Å². The summed E-state index contributed by atoms with van der Waals surface area (Å²) >= 11 is 3.54. The summed E-state index contributed by atoms with van der Waals surface area (Å²) in [6, 6.07) is 6.19. The van der Waals surface area contributed by atoms with E-state index in [0.29, 0.717) is 0 Å². The van der Waals surface area contributed by atoms with Crippen LogP contribution in [0.15, 0.2) is 28.9 Å². The Morgan fingerprint density at radius 1 is 1.11 bits per heavy atom. The molecule has 1 aromatic heterocycles. The van der Waals surface area contributed by atoms with E-state index in [1.165, 1.54) is 25.7 Å². The second-order valence-electron chi connectivity index (χ2n) is 5.12. The van der Waals surface area contributed by atoms with Gasteiger partial charge in [0, 0.05) is 22.9 Å². The van der Waals surface area contributed by atoms with Gasteiger partial charge >= 0.3 is 0 Å². The highest BCUT2D eigenvalue weighted by molar-refractivity contribution is 9.10. The zero-order chi connectivity index (χ0) is 13.2. The fourth-order valence-electron chi connectivity index (χ4n) is 2.81. The van der Waals surface area contributed by atoms with Crippen molar-refractivity contribution in [3.63, 3.8) is 0 Å². The quantitative estimate of drug-likeness (QED) is 0.865. The molecule has 100 valence electrons. The summed E-state index contributed by atoms with van der Waals surface area (Å²) in [5, 5.41) is 1.15. The third kappa shape index (κ3) is 2.54. The van der Waals surface area contributed by atoms with Crippen LogP contribution in [0.2, 0.25) is 0 Å². The van der Waals surface area contributed by atoms with Crippen LogP contribution >= 0.6 is 15.9 Å². The molecule has 2 N–H and O–H groups in total. The number of anilines is 2. The fraction of sp³-hybridized carbons (Fsp3) is 0.400. The molecule has 0 aliphatic carbocycles. The zero-order valence-electron chi connectivity index (χ0n) is 10.9. The molecule has 1 aliphatic rings. The Kier molecular flexibility index (Phi) is 3.60. The largest absolute Gasteiger partial charge is 0.396 e. The average molecular weight is 320 g/mol. The van der Waals surface area contributed by atoms with E-state index in [1.807, 2.05) is 12.1 Å². The maximum atomic E-state index is 6.20. The Labute approximate surface area is 121 Å². The van der Waals surface area contributed by atoms with Crippen molar-refractivity contribution < 1.29 is 0 Å². The van der Waals surface area contributed by atoms with Crippen molar-refractivity contribution in [2.75, 3.05) is 23.7 Å². The molecule has 0 radical (unpaired) electrons. The van der Waals surface area contributed by atoms with Gasteiger partial charge in [-0.05, 0) is 31.0 Å². The number of nitrogen functional groups attached to an aromatic ring is 1. The van der Waals surface area contributed by atoms with Gasteiger partial charge in [0.15, 0.2) is 0 Å². The van der Waals surface area contributed by atoms with E-state index in [9.17, 15) is 0 Å². The molecule has 1 saturated heterocycles. The summed E-state index contributed by atoms with van der Waals surface area (Å²) in [4.78, 5) is 6.86. The molecule has 0 spiro atoms. The molecule has 1 fully saturated rings. The molecule has 1 aromatic carbocycles. The number of rotatable bonds is 1. The van der Waals surface area contributed by atoms with Gasteiger partial charge in [-0.25, -0.2) is 0 Å². The van der Waals surface area contributed by atoms with Crippen molar-refractivity contribution in [1.29, 1.82) is 0 Å².